The Balaban J connectivity index is 2.16. The molecule has 21 heavy (non-hydrogen) atoms. The van der Waals surface area contributed by atoms with Crippen molar-refractivity contribution in [1.29, 1.82) is 0 Å². The number of hydrogen-bond acceptors (Lipinski definition) is 2. The Kier molecular flexibility index (Phi) is 4.51. The maximum Gasteiger partial charge on any atom is 0.391 e. The minimum Gasteiger partial charge on any atom is -0.368 e. The minimum absolute atomic E-state index is 0.164. The summed E-state index contributed by atoms with van der Waals surface area (Å²) in [5.74, 6) is -1.18. The van der Waals surface area contributed by atoms with Crippen molar-refractivity contribution in [2.45, 2.75) is 44.3 Å². The molecule has 2 nitrogen and oxygen atoms in total. The van der Waals surface area contributed by atoms with Crippen LogP contribution in [0.2, 0.25) is 0 Å². The molecular formula is C16H23F3N2. The Hall–Kier alpha value is -1.23. The van der Waals surface area contributed by atoms with Gasteiger partial charge in [0.2, 0.25) is 0 Å². The van der Waals surface area contributed by atoms with E-state index in [9.17, 15) is 13.2 Å². The first-order valence-corrected chi connectivity index (χ1v) is 7.36. The summed E-state index contributed by atoms with van der Waals surface area (Å²) in [5.41, 5.74) is 7.73. The minimum atomic E-state index is -4.08. The number of halogens is 3. The first-order valence-electron chi connectivity index (χ1n) is 7.36. The van der Waals surface area contributed by atoms with Crippen molar-refractivity contribution in [3.63, 3.8) is 0 Å². The van der Waals surface area contributed by atoms with Gasteiger partial charge in [-0.25, -0.2) is 0 Å². The van der Waals surface area contributed by atoms with Gasteiger partial charge in [-0.1, -0.05) is 12.1 Å². The third kappa shape index (κ3) is 3.34. The zero-order valence-corrected chi connectivity index (χ0v) is 12.6. The fourth-order valence-corrected chi connectivity index (χ4v) is 3.27. The molecule has 1 saturated carbocycles. The largest absolute Gasteiger partial charge is 0.391 e. The maximum atomic E-state index is 12.8. The second-order valence-corrected chi connectivity index (χ2v) is 6.14. The Morgan fingerprint density at radius 2 is 1.90 bits per heavy atom. The summed E-state index contributed by atoms with van der Waals surface area (Å²) in [5, 5.41) is 0. The van der Waals surface area contributed by atoms with Crippen LogP contribution in [0.25, 0.3) is 0 Å². The van der Waals surface area contributed by atoms with Crippen LogP contribution in [-0.4, -0.2) is 25.3 Å². The number of anilines is 1. The fraction of sp³-hybridized carbons (Fsp3) is 0.625. The molecule has 0 aliphatic heterocycles. The first-order chi connectivity index (χ1) is 9.78. The molecule has 0 spiro atoms. The Labute approximate surface area is 124 Å². The van der Waals surface area contributed by atoms with Crippen LogP contribution in [0.4, 0.5) is 18.9 Å². The van der Waals surface area contributed by atoms with E-state index in [1.807, 2.05) is 38.2 Å². The van der Waals surface area contributed by atoms with Crippen molar-refractivity contribution in [1.82, 2.24) is 0 Å². The predicted octanol–water partition coefficient (Wildman–Crippen LogP) is 3.88. The Morgan fingerprint density at radius 3 is 2.38 bits per heavy atom. The lowest BCUT2D eigenvalue weighted by Gasteiger charge is -2.47. The smallest absolute Gasteiger partial charge is 0.368 e. The van der Waals surface area contributed by atoms with E-state index in [2.05, 4.69) is 4.90 Å². The fourth-order valence-electron chi connectivity index (χ4n) is 3.27. The van der Waals surface area contributed by atoms with Gasteiger partial charge >= 0.3 is 6.18 Å². The Bertz CT molecular complexity index is 477. The van der Waals surface area contributed by atoms with E-state index in [0.717, 1.165) is 11.3 Å². The van der Waals surface area contributed by atoms with Crippen molar-refractivity contribution in [2.24, 2.45) is 11.7 Å². The van der Waals surface area contributed by atoms with Crippen molar-refractivity contribution in [3.05, 3.63) is 29.8 Å². The summed E-state index contributed by atoms with van der Waals surface area (Å²) in [4.78, 5) is 2.08. The van der Waals surface area contributed by atoms with Crippen LogP contribution >= 0.6 is 0 Å². The zero-order chi connectivity index (χ0) is 15.7. The molecule has 2 rings (SSSR count). The van der Waals surface area contributed by atoms with Gasteiger partial charge < -0.3 is 10.6 Å². The first kappa shape index (κ1) is 16.1. The quantitative estimate of drug-likeness (QED) is 0.918. The number of aryl methyl sites for hydroxylation is 1. The highest BCUT2D eigenvalue weighted by Crippen LogP contribution is 2.43. The molecule has 0 radical (unpaired) electrons. The standard InChI is InChI=1S/C16H23F3N2/c1-12-4-3-5-14(10-12)21(2)15(11-20)8-6-13(7-9-15)16(17,18)19/h3-5,10,13H,6-9,11,20H2,1-2H3. The molecule has 5 heteroatoms. The normalized spacial score (nSPS) is 26.7. The highest BCUT2D eigenvalue weighted by atomic mass is 19.4. The lowest BCUT2D eigenvalue weighted by Crippen LogP contribution is -2.55. The van der Waals surface area contributed by atoms with Gasteiger partial charge in [-0.3, -0.25) is 0 Å². The second kappa shape index (κ2) is 5.87. The van der Waals surface area contributed by atoms with Crippen LogP contribution in [0.15, 0.2) is 24.3 Å². The van der Waals surface area contributed by atoms with Gasteiger partial charge in [0.15, 0.2) is 0 Å². The highest BCUT2D eigenvalue weighted by Gasteiger charge is 2.46. The van der Waals surface area contributed by atoms with Crippen LogP contribution in [0.5, 0.6) is 0 Å². The van der Waals surface area contributed by atoms with Gasteiger partial charge in [-0.15, -0.1) is 0 Å². The summed E-state index contributed by atoms with van der Waals surface area (Å²) >= 11 is 0. The molecule has 0 bridgehead atoms. The molecule has 118 valence electrons. The number of nitrogens with zero attached hydrogens (tertiary/aromatic N) is 1. The SMILES string of the molecule is Cc1cccc(N(C)C2(CN)CCC(C(F)(F)F)CC2)c1. The van der Waals surface area contributed by atoms with Crippen LogP contribution < -0.4 is 10.6 Å². The van der Waals surface area contributed by atoms with Gasteiger partial charge in [-0.2, -0.15) is 13.2 Å². The second-order valence-electron chi connectivity index (χ2n) is 6.14. The summed E-state index contributed by atoms with van der Waals surface area (Å²) in [7, 11) is 1.94. The van der Waals surface area contributed by atoms with Crippen molar-refractivity contribution >= 4 is 5.69 Å². The van der Waals surface area contributed by atoms with Crippen LogP contribution in [0.1, 0.15) is 31.2 Å². The van der Waals surface area contributed by atoms with E-state index in [-0.39, 0.29) is 18.4 Å². The van der Waals surface area contributed by atoms with Crippen molar-refractivity contribution in [2.75, 3.05) is 18.5 Å². The number of hydrogen-bond donors (Lipinski definition) is 1. The average molecular weight is 300 g/mol. The Morgan fingerprint density at radius 1 is 1.29 bits per heavy atom. The number of nitrogens with two attached hydrogens (primary N) is 1. The van der Waals surface area contributed by atoms with Crippen LogP contribution in [0.3, 0.4) is 0 Å². The number of rotatable bonds is 3. The lowest BCUT2D eigenvalue weighted by atomic mass is 9.75. The summed E-state index contributed by atoms with van der Waals surface area (Å²) in [6.45, 7) is 2.38. The number of benzene rings is 1. The van der Waals surface area contributed by atoms with Gasteiger partial charge in [-0.05, 0) is 50.3 Å². The molecule has 1 fully saturated rings. The topological polar surface area (TPSA) is 29.3 Å². The van der Waals surface area contributed by atoms with Crippen molar-refractivity contribution < 1.29 is 13.2 Å². The van der Waals surface area contributed by atoms with Gasteiger partial charge in [0, 0.05) is 19.3 Å². The van der Waals surface area contributed by atoms with E-state index in [4.69, 9.17) is 5.73 Å². The lowest BCUT2D eigenvalue weighted by molar-refractivity contribution is -0.184. The molecule has 1 aliphatic rings. The molecule has 0 unspecified atom stereocenters. The predicted molar refractivity (Wildman–Crippen MR) is 79.4 cm³/mol. The van der Waals surface area contributed by atoms with Crippen LogP contribution in [0, 0.1) is 12.8 Å². The monoisotopic (exact) mass is 300 g/mol. The molecule has 0 saturated heterocycles. The molecule has 0 amide bonds. The van der Waals surface area contributed by atoms with Gasteiger partial charge in [0.25, 0.3) is 0 Å². The third-order valence-corrected chi connectivity index (χ3v) is 4.86. The van der Waals surface area contributed by atoms with Gasteiger partial charge in [0.05, 0.1) is 11.5 Å². The molecule has 2 N–H and O–H groups in total. The zero-order valence-electron chi connectivity index (χ0n) is 12.6. The van der Waals surface area contributed by atoms with Gasteiger partial charge in [0.1, 0.15) is 0 Å². The van der Waals surface area contributed by atoms with E-state index in [1.54, 1.807) is 0 Å². The van der Waals surface area contributed by atoms with Crippen LogP contribution in [-0.2, 0) is 0 Å². The highest BCUT2D eigenvalue weighted by molar-refractivity contribution is 5.50. The average Bonchev–Trinajstić information content (AvgIpc) is 2.45. The number of alkyl halides is 3. The van der Waals surface area contributed by atoms with E-state index in [0.29, 0.717) is 19.4 Å². The molecule has 0 heterocycles. The number of likely N-dealkylation sites (N-methyl/N-ethyl adjacent to an activating group) is 1. The van der Waals surface area contributed by atoms with Crippen molar-refractivity contribution in [3.8, 4) is 0 Å². The summed E-state index contributed by atoms with van der Waals surface area (Å²) < 4.78 is 38.5. The van der Waals surface area contributed by atoms with E-state index >= 15 is 0 Å². The molecule has 0 aromatic heterocycles. The third-order valence-electron chi connectivity index (χ3n) is 4.86. The summed E-state index contributed by atoms with van der Waals surface area (Å²) in [6.07, 6.45) is -2.79. The molecule has 1 aromatic rings. The maximum absolute atomic E-state index is 12.8. The molecule has 1 aromatic carbocycles. The summed E-state index contributed by atoms with van der Waals surface area (Å²) in [6, 6.07) is 8.01. The van der Waals surface area contributed by atoms with E-state index in [1.165, 1.54) is 0 Å². The van der Waals surface area contributed by atoms with E-state index < -0.39 is 12.1 Å². The molecule has 0 atom stereocenters. The molecular weight excluding hydrogens is 277 g/mol. The molecule has 1 aliphatic carbocycles.